The predicted octanol–water partition coefficient (Wildman–Crippen LogP) is 4.12. The van der Waals surface area contributed by atoms with Gasteiger partial charge in [-0.25, -0.2) is 9.18 Å². The van der Waals surface area contributed by atoms with Crippen molar-refractivity contribution in [2.24, 2.45) is 4.99 Å². The van der Waals surface area contributed by atoms with Crippen LogP contribution in [-0.2, 0) is 9.53 Å². The van der Waals surface area contributed by atoms with E-state index in [1.807, 2.05) is 0 Å². The molecular weight excluding hydrogens is 395 g/mol. The third kappa shape index (κ3) is 4.46. The summed E-state index contributed by atoms with van der Waals surface area (Å²) in [5.41, 5.74) is 1.55. The smallest absolute Gasteiger partial charge is 0.341 e. The number of esters is 1. The molecule has 5 nitrogen and oxygen atoms in total. The minimum Gasteiger partial charge on any atom is -0.465 e. The molecule has 2 aromatic rings. The predicted molar refractivity (Wildman–Crippen MR) is 107 cm³/mol. The third-order valence-corrected chi connectivity index (χ3v) is 6.62. The zero-order valence-electron chi connectivity index (χ0n) is 13.8. The highest BCUT2D eigenvalue weighted by atomic mass is 32.2. The Labute approximate surface area is 162 Å². The molecule has 0 unspecified atom stereocenters. The van der Waals surface area contributed by atoms with Gasteiger partial charge >= 0.3 is 5.97 Å². The summed E-state index contributed by atoms with van der Waals surface area (Å²) in [5.74, 6) is 0.0347. The molecule has 0 fully saturated rings. The number of carbonyl (C=O) groups excluding carboxylic acids is 2. The number of nitrogens with one attached hydrogen (secondary N) is 1. The number of aliphatic imine (C=N–C) groups is 1. The van der Waals surface area contributed by atoms with E-state index in [0.29, 0.717) is 16.1 Å². The molecule has 0 saturated carbocycles. The number of nitrogens with zero attached hydrogens (tertiary/aromatic N) is 1. The fourth-order valence-corrected chi connectivity index (χ4v) is 5.07. The summed E-state index contributed by atoms with van der Waals surface area (Å²) in [6.07, 6.45) is 0. The van der Waals surface area contributed by atoms with Gasteiger partial charge in [0.05, 0.1) is 19.4 Å². The van der Waals surface area contributed by atoms with E-state index < -0.39 is 5.97 Å². The van der Waals surface area contributed by atoms with Crippen molar-refractivity contribution in [3.63, 3.8) is 0 Å². The van der Waals surface area contributed by atoms with Gasteiger partial charge in [-0.3, -0.25) is 9.79 Å². The van der Waals surface area contributed by atoms with Crippen molar-refractivity contribution in [2.45, 2.75) is 0 Å². The number of hydrogen-bond acceptors (Lipinski definition) is 7. The number of anilines is 1. The number of benzene rings is 1. The van der Waals surface area contributed by atoms with Crippen LogP contribution in [0, 0.1) is 5.82 Å². The van der Waals surface area contributed by atoms with Gasteiger partial charge in [-0.05, 0) is 17.7 Å². The van der Waals surface area contributed by atoms with Crippen molar-refractivity contribution in [3.05, 3.63) is 41.0 Å². The molecule has 26 heavy (non-hydrogen) atoms. The first-order valence-electron chi connectivity index (χ1n) is 7.64. The highest BCUT2D eigenvalue weighted by Gasteiger charge is 2.22. The molecule has 9 heteroatoms. The lowest BCUT2D eigenvalue weighted by molar-refractivity contribution is -0.113. The van der Waals surface area contributed by atoms with Crippen molar-refractivity contribution in [2.75, 3.05) is 30.5 Å². The van der Waals surface area contributed by atoms with Gasteiger partial charge in [-0.2, -0.15) is 0 Å². The minimum atomic E-state index is -0.552. The maximum atomic E-state index is 13.2. The van der Waals surface area contributed by atoms with E-state index in [2.05, 4.69) is 10.3 Å². The average molecular weight is 411 g/mol. The molecule has 0 radical (unpaired) electrons. The molecule has 0 aliphatic carbocycles. The maximum absolute atomic E-state index is 13.2. The molecule has 136 valence electrons. The van der Waals surface area contributed by atoms with Crippen LogP contribution in [0.2, 0.25) is 0 Å². The number of hydrogen-bond donors (Lipinski definition) is 1. The fraction of sp³-hybridized carbons (Fsp3) is 0.235. The minimum absolute atomic E-state index is 0.218. The Morgan fingerprint density at radius 2 is 2.12 bits per heavy atom. The molecular formula is C17H15FN2O3S3. The molecule has 1 aromatic carbocycles. The van der Waals surface area contributed by atoms with E-state index in [-0.39, 0.29) is 23.0 Å². The highest BCUT2D eigenvalue weighted by Crippen LogP contribution is 2.36. The molecule has 0 spiro atoms. The van der Waals surface area contributed by atoms with E-state index in [1.54, 1.807) is 29.3 Å². The van der Waals surface area contributed by atoms with Gasteiger partial charge in [0.25, 0.3) is 0 Å². The molecule has 3 rings (SSSR count). The number of ether oxygens (including phenoxy) is 1. The van der Waals surface area contributed by atoms with Gasteiger partial charge in [-0.1, -0.05) is 35.7 Å². The van der Waals surface area contributed by atoms with Gasteiger partial charge < -0.3 is 10.1 Å². The van der Waals surface area contributed by atoms with Crippen molar-refractivity contribution in [1.82, 2.24) is 0 Å². The number of methoxy groups -OCH3 is 1. The summed E-state index contributed by atoms with van der Waals surface area (Å²) in [7, 11) is 1.28. The fourth-order valence-electron chi connectivity index (χ4n) is 2.29. The summed E-state index contributed by atoms with van der Waals surface area (Å²) in [6.45, 7) is 0.785. The molecule has 1 N–H and O–H groups in total. The van der Waals surface area contributed by atoms with E-state index >= 15 is 0 Å². The Morgan fingerprint density at radius 1 is 1.35 bits per heavy atom. The van der Waals surface area contributed by atoms with E-state index in [1.165, 1.54) is 42.3 Å². The summed E-state index contributed by atoms with van der Waals surface area (Å²) < 4.78 is 18.9. The molecule has 0 saturated heterocycles. The number of amides is 1. The Bertz CT molecular complexity index is 849. The van der Waals surface area contributed by atoms with Crippen LogP contribution in [0.5, 0.6) is 0 Å². The van der Waals surface area contributed by atoms with Gasteiger partial charge in [-0.15, -0.1) is 11.3 Å². The van der Waals surface area contributed by atoms with Crippen LogP contribution >= 0.6 is 34.9 Å². The summed E-state index contributed by atoms with van der Waals surface area (Å²) in [5, 5.41) is 4.94. The van der Waals surface area contributed by atoms with Gasteiger partial charge in [0.1, 0.15) is 20.8 Å². The first-order chi connectivity index (χ1) is 12.6. The Kier molecular flexibility index (Phi) is 6.33. The first-order valence-corrected chi connectivity index (χ1v) is 10.5. The molecule has 1 aliphatic heterocycles. The molecule has 1 amide bonds. The normalized spacial score (nSPS) is 13.4. The van der Waals surface area contributed by atoms with Crippen molar-refractivity contribution < 1.29 is 18.7 Å². The lowest BCUT2D eigenvalue weighted by atomic mass is 10.0. The van der Waals surface area contributed by atoms with Crippen LogP contribution in [0.4, 0.5) is 9.39 Å². The Morgan fingerprint density at radius 3 is 2.77 bits per heavy atom. The van der Waals surface area contributed by atoms with Crippen LogP contribution in [0.25, 0.3) is 11.1 Å². The van der Waals surface area contributed by atoms with E-state index in [4.69, 9.17) is 4.74 Å². The molecule has 0 atom stereocenters. The summed E-state index contributed by atoms with van der Waals surface area (Å²) in [4.78, 5) is 28.8. The van der Waals surface area contributed by atoms with Crippen LogP contribution in [0.1, 0.15) is 10.4 Å². The van der Waals surface area contributed by atoms with Gasteiger partial charge in [0.2, 0.25) is 5.91 Å². The van der Waals surface area contributed by atoms with E-state index in [0.717, 1.165) is 16.7 Å². The largest absolute Gasteiger partial charge is 0.465 e. The average Bonchev–Trinajstić information content (AvgIpc) is 3.30. The van der Waals surface area contributed by atoms with Crippen LogP contribution in [-0.4, -0.2) is 41.4 Å². The second kappa shape index (κ2) is 8.70. The van der Waals surface area contributed by atoms with Crippen molar-refractivity contribution in [3.8, 4) is 11.1 Å². The van der Waals surface area contributed by atoms with Gasteiger partial charge in [0.15, 0.2) is 0 Å². The van der Waals surface area contributed by atoms with Crippen LogP contribution < -0.4 is 5.32 Å². The third-order valence-electron chi connectivity index (χ3n) is 3.47. The number of thiophene rings is 1. The monoisotopic (exact) mass is 410 g/mol. The first kappa shape index (κ1) is 18.9. The Balaban J connectivity index is 1.79. The zero-order valence-corrected chi connectivity index (χ0v) is 16.2. The molecule has 1 aromatic heterocycles. The summed E-state index contributed by atoms with van der Waals surface area (Å²) >= 11 is 4.25. The zero-order chi connectivity index (χ0) is 18.5. The Hall–Kier alpha value is -1.84. The molecule has 1 aliphatic rings. The highest BCUT2D eigenvalue weighted by molar-refractivity contribution is 8.39. The van der Waals surface area contributed by atoms with Crippen molar-refractivity contribution in [1.29, 1.82) is 0 Å². The SMILES string of the molecule is COC(=O)c1c(-c2ccc(F)cc2)csc1NC(=O)CSC1=NCCS1. The number of carbonyl (C=O) groups is 2. The standard InChI is InChI=1S/C17H15FN2O3S3/c1-23-16(22)14-12(10-2-4-11(18)5-3-10)8-25-15(14)20-13(21)9-26-17-19-6-7-24-17/h2-5,8H,6-7,9H2,1H3,(H,20,21). The number of halogens is 1. The summed E-state index contributed by atoms with van der Waals surface area (Å²) in [6, 6.07) is 5.81. The molecule has 2 heterocycles. The molecule has 0 bridgehead atoms. The second-order valence-corrected chi connectivity index (χ2v) is 8.37. The maximum Gasteiger partial charge on any atom is 0.341 e. The van der Waals surface area contributed by atoms with Crippen molar-refractivity contribution >= 4 is 56.1 Å². The number of rotatable bonds is 5. The number of thioether (sulfide) groups is 2. The van der Waals surface area contributed by atoms with Gasteiger partial charge in [0, 0.05) is 16.7 Å². The van der Waals surface area contributed by atoms with Crippen LogP contribution in [0.3, 0.4) is 0 Å². The lowest BCUT2D eigenvalue weighted by Crippen LogP contribution is -2.16. The van der Waals surface area contributed by atoms with Crippen LogP contribution in [0.15, 0.2) is 34.6 Å². The quantitative estimate of drug-likeness (QED) is 0.751. The second-order valence-electron chi connectivity index (χ2n) is 5.18. The topological polar surface area (TPSA) is 67.8 Å². The lowest BCUT2D eigenvalue weighted by Gasteiger charge is -2.08. The van der Waals surface area contributed by atoms with E-state index in [9.17, 15) is 14.0 Å².